The van der Waals surface area contributed by atoms with Crippen molar-refractivity contribution in [1.82, 2.24) is 15.6 Å². The molecule has 26 heavy (non-hydrogen) atoms. The van der Waals surface area contributed by atoms with E-state index in [1.54, 1.807) is 19.5 Å². The SMILES string of the molecule is CCNC(=NCC1(CCOC)CCCC1)NCCOc1cccnc1.I. The zero-order chi connectivity index (χ0) is 17.8. The maximum Gasteiger partial charge on any atom is 0.191 e. The van der Waals surface area contributed by atoms with Crippen molar-refractivity contribution in [2.75, 3.05) is 40.0 Å². The lowest BCUT2D eigenvalue weighted by molar-refractivity contribution is 0.141. The fourth-order valence-electron chi connectivity index (χ4n) is 3.29. The number of nitrogens with one attached hydrogen (secondary N) is 2. The van der Waals surface area contributed by atoms with Crippen molar-refractivity contribution in [2.45, 2.75) is 39.0 Å². The van der Waals surface area contributed by atoms with E-state index < -0.39 is 0 Å². The Morgan fingerprint density at radius 1 is 1.27 bits per heavy atom. The van der Waals surface area contributed by atoms with Crippen LogP contribution in [0.4, 0.5) is 0 Å². The van der Waals surface area contributed by atoms with Crippen molar-refractivity contribution in [1.29, 1.82) is 0 Å². The molecule has 1 aromatic rings. The molecule has 0 bridgehead atoms. The van der Waals surface area contributed by atoms with Crippen LogP contribution in [0.5, 0.6) is 5.75 Å². The quantitative estimate of drug-likeness (QED) is 0.235. The highest BCUT2D eigenvalue weighted by molar-refractivity contribution is 14.0. The topological polar surface area (TPSA) is 67.8 Å². The Hall–Kier alpha value is -1.09. The van der Waals surface area contributed by atoms with E-state index in [1.165, 1.54) is 25.7 Å². The molecular weight excluding hydrogens is 443 g/mol. The number of ether oxygens (including phenoxy) is 2. The van der Waals surface area contributed by atoms with Gasteiger partial charge in [0.2, 0.25) is 0 Å². The Morgan fingerprint density at radius 2 is 2.08 bits per heavy atom. The Morgan fingerprint density at radius 3 is 2.73 bits per heavy atom. The first kappa shape index (κ1) is 23.0. The van der Waals surface area contributed by atoms with E-state index in [4.69, 9.17) is 14.5 Å². The third-order valence-corrected chi connectivity index (χ3v) is 4.72. The first-order chi connectivity index (χ1) is 12.3. The van der Waals surface area contributed by atoms with Gasteiger partial charge in [0.25, 0.3) is 0 Å². The first-order valence-electron chi connectivity index (χ1n) is 9.32. The molecule has 6 nitrogen and oxygen atoms in total. The van der Waals surface area contributed by atoms with Gasteiger partial charge in [-0.05, 0) is 43.7 Å². The molecule has 0 saturated heterocycles. The number of halogens is 1. The second kappa shape index (κ2) is 13.1. The lowest BCUT2D eigenvalue weighted by Crippen LogP contribution is -2.40. The molecule has 1 saturated carbocycles. The van der Waals surface area contributed by atoms with Gasteiger partial charge in [-0.25, -0.2) is 0 Å². The van der Waals surface area contributed by atoms with Gasteiger partial charge in [-0.15, -0.1) is 24.0 Å². The molecule has 0 aromatic carbocycles. The van der Waals surface area contributed by atoms with E-state index >= 15 is 0 Å². The fraction of sp³-hybridized carbons (Fsp3) is 0.684. The summed E-state index contributed by atoms with van der Waals surface area (Å²) in [4.78, 5) is 8.88. The summed E-state index contributed by atoms with van der Waals surface area (Å²) in [7, 11) is 1.78. The molecule has 2 rings (SSSR count). The molecule has 1 aliphatic rings. The number of guanidine groups is 1. The fourth-order valence-corrected chi connectivity index (χ4v) is 3.29. The minimum atomic E-state index is 0. The van der Waals surface area contributed by atoms with Gasteiger partial charge >= 0.3 is 0 Å². The van der Waals surface area contributed by atoms with Gasteiger partial charge in [-0.1, -0.05) is 12.8 Å². The molecule has 0 spiro atoms. The third kappa shape index (κ3) is 8.07. The van der Waals surface area contributed by atoms with Crippen molar-refractivity contribution in [3.63, 3.8) is 0 Å². The summed E-state index contributed by atoms with van der Waals surface area (Å²) in [6.45, 7) is 5.88. The number of methoxy groups -OCH3 is 1. The maximum absolute atomic E-state index is 5.66. The van der Waals surface area contributed by atoms with Crippen LogP contribution in [0.3, 0.4) is 0 Å². The van der Waals surface area contributed by atoms with Crippen LogP contribution in [-0.2, 0) is 4.74 Å². The van der Waals surface area contributed by atoms with Crippen LogP contribution in [-0.4, -0.2) is 50.9 Å². The van der Waals surface area contributed by atoms with E-state index in [1.807, 2.05) is 12.1 Å². The molecule has 1 fully saturated rings. The van der Waals surface area contributed by atoms with Crippen LogP contribution in [0.25, 0.3) is 0 Å². The number of rotatable bonds is 10. The van der Waals surface area contributed by atoms with Crippen LogP contribution in [0.2, 0.25) is 0 Å². The third-order valence-electron chi connectivity index (χ3n) is 4.72. The van der Waals surface area contributed by atoms with E-state index in [-0.39, 0.29) is 24.0 Å². The number of hydrogen-bond donors (Lipinski definition) is 2. The molecule has 7 heteroatoms. The van der Waals surface area contributed by atoms with Gasteiger partial charge in [0.15, 0.2) is 5.96 Å². The number of aliphatic imine (C=N–C) groups is 1. The zero-order valence-electron chi connectivity index (χ0n) is 16.0. The molecule has 0 aliphatic heterocycles. The second-order valence-corrected chi connectivity index (χ2v) is 6.61. The van der Waals surface area contributed by atoms with E-state index in [2.05, 4.69) is 22.5 Å². The van der Waals surface area contributed by atoms with Crippen molar-refractivity contribution in [2.24, 2.45) is 10.4 Å². The van der Waals surface area contributed by atoms with Crippen molar-refractivity contribution < 1.29 is 9.47 Å². The van der Waals surface area contributed by atoms with E-state index in [0.717, 1.165) is 37.8 Å². The van der Waals surface area contributed by atoms with Crippen LogP contribution in [0, 0.1) is 5.41 Å². The molecule has 2 N–H and O–H groups in total. The minimum absolute atomic E-state index is 0. The maximum atomic E-state index is 5.66. The van der Waals surface area contributed by atoms with E-state index in [9.17, 15) is 0 Å². The molecular formula is C19H33IN4O2. The van der Waals surface area contributed by atoms with Gasteiger partial charge in [-0.3, -0.25) is 9.98 Å². The average Bonchev–Trinajstić information content (AvgIpc) is 3.11. The van der Waals surface area contributed by atoms with Crippen molar-refractivity contribution in [3.05, 3.63) is 24.5 Å². The predicted molar refractivity (Wildman–Crippen MR) is 117 cm³/mol. The van der Waals surface area contributed by atoms with Crippen LogP contribution in [0.15, 0.2) is 29.5 Å². The summed E-state index contributed by atoms with van der Waals surface area (Å²) in [6.07, 6.45) is 9.68. The molecule has 0 atom stereocenters. The summed E-state index contributed by atoms with van der Waals surface area (Å²) >= 11 is 0. The summed E-state index contributed by atoms with van der Waals surface area (Å²) < 4.78 is 11.0. The van der Waals surface area contributed by atoms with Crippen LogP contribution in [0.1, 0.15) is 39.0 Å². The predicted octanol–water partition coefficient (Wildman–Crippen LogP) is 3.23. The summed E-state index contributed by atoms with van der Waals surface area (Å²) in [6, 6.07) is 3.78. The van der Waals surface area contributed by atoms with Gasteiger partial charge < -0.3 is 20.1 Å². The highest BCUT2D eigenvalue weighted by Gasteiger charge is 2.33. The molecule has 1 heterocycles. The Labute approximate surface area is 174 Å². The molecule has 1 aromatic heterocycles. The normalized spacial score (nSPS) is 16.0. The smallest absolute Gasteiger partial charge is 0.191 e. The lowest BCUT2D eigenvalue weighted by atomic mass is 9.83. The monoisotopic (exact) mass is 476 g/mol. The minimum Gasteiger partial charge on any atom is -0.490 e. The molecule has 0 radical (unpaired) electrons. The number of aromatic nitrogens is 1. The highest BCUT2D eigenvalue weighted by atomic mass is 127. The summed E-state index contributed by atoms with van der Waals surface area (Å²) in [5.74, 6) is 1.65. The molecule has 148 valence electrons. The average molecular weight is 476 g/mol. The highest BCUT2D eigenvalue weighted by Crippen LogP contribution is 2.41. The number of nitrogens with zero attached hydrogens (tertiary/aromatic N) is 2. The first-order valence-corrected chi connectivity index (χ1v) is 9.32. The Balaban J connectivity index is 0.00000338. The summed E-state index contributed by atoms with van der Waals surface area (Å²) in [5.41, 5.74) is 0.310. The van der Waals surface area contributed by atoms with Gasteiger partial charge in [0.05, 0.1) is 12.7 Å². The van der Waals surface area contributed by atoms with Gasteiger partial charge in [0.1, 0.15) is 12.4 Å². The molecule has 0 unspecified atom stereocenters. The van der Waals surface area contributed by atoms with Gasteiger partial charge in [-0.2, -0.15) is 0 Å². The second-order valence-electron chi connectivity index (χ2n) is 6.61. The Kier molecular flexibility index (Phi) is 11.6. The van der Waals surface area contributed by atoms with E-state index in [0.29, 0.717) is 18.6 Å². The summed E-state index contributed by atoms with van der Waals surface area (Å²) in [5, 5.41) is 6.67. The molecule has 0 amide bonds. The Bertz CT molecular complexity index is 508. The lowest BCUT2D eigenvalue weighted by Gasteiger charge is -2.27. The van der Waals surface area contributed by atoms with Crippen molar-refractivity contribution >= 4 is 29.9 Å². The largest absolute Gasteiger partial charge is 0.490 e. The molecule has 1 aliphatic carbocycles. The zero-order valence-corrected chi connectivity index (χ0v) is 18.3. The van der Waals surface area contributed by atoms with Crippen LogP contribution >= 0.6 is 24.0 Å². The number of pyridine rings is 1. The van der Waals surface area contributed by atoms with Gasteiger partial charge in [0, 0.05) is 33.0 Å². The van der Waals surface area contributed by atoms with Crippen LogP contribution < -0.4 is 15.4 Å². The van der Waals surface area contributed by atoms with Crippen molar-refractivity contribution in [3.8, 4) is 5.75 Å². The number of hydrogen-bond acceptors (Lipinski definition) is 4. The standard InChI is InChI=1S/C19H32N4O2.HI/c1-3-21-18(22-12-14-25-17-7-6-11-20-15-17)23-16-19(10-13-24-2)8-4-5-9-19;/h6-7,11,15H,3-5,8-10,12-14,16H2,1-2H3,(H2,21,22,23);1H.